The number of phosphoric ester groups is 1. The summed E-state index contributed by atoms with van der Waals surface area (Å²) in [6.45, 7) is 4.60. The molecule has 0 aliphatic carbocycles. The molecule has 0 rings (SSSR count). The number of ether oxygens (including phenoxy) is 3. The Morgan fingerprint density at radius 2 is 0.645 bits per heavy atom. The highest BCUT2D eigenvalue weighted by Crippen LogP contribution is 2.43. The number of hydrogen-bond acceptors (Lipinski definition) is 10. The second-order valence-electron chi connectivity index (χ2n) is 20.9. The van der Waals surface area contributed by atoms with Crippen LogP contribution < -0.4 is 0 Å². The van der Waals surface area contributed by atoms with E-state index in [0.29, 0.717) is 19.3 Å². The normalized spacial score (nSPS) is 13.7. The molecule has 442 valence electrons. The standard InChI is InChI=1S/C64H115O11P/c1-4-7-10-13-16-19-22-25-28-29-30-31-34-37-40-43-46-49-52-55-64(68)75-61(57-71-62(66)53-50-47-44-41-38-35-32-26-23-20-17-14-11-8-5-2)59-73-76(69,70)72-58-60(56-65)74-63(67)54-51-48-45-42-39-36-33-27-24-21-18-15-12-9-6-3/h16-17,19-20,25-26,28,30-32,60-61,65H,4-15,18,21-24,27,29,33-59H2,1-3H3,(H,69,70)/b19-16-,20-17-,28-25-,31-30-,32-26-. The Hall–Kier alpha value is -2.82. The van der Waals surface area contributed by atoms with Crippen molar-refractivity contribution >= 4 is 25.7 Å². The fourth-order valence-electron chi connectivity index (χ4n) is 8.63. The summed E-state index contributed by atoms with van der Waals surface area (Å²) in [6, 6.07) is 0. The molecule has 0 spiro atoms. The van der Waals surface area contributed by atoms with Gasteiger partial charge in [0.2, 0.25) is 0 Å². The van der Waals surface area contributed by atoms with E-state index in [1.54, 1.807) is 0 Å². The molecule has 0 aliphatic rings. The van der Waals surface area contributed by atoms with Gasteiger partial charge in [-0.25, -0.2) is 4.57 Å². The van der Waals surface area contributed by atoms with Crippen molar-refractivity contribution in [3.8, 4) is 0 Å². The van der Waals surface area contributed by atoms with E-state index in [9.17, 15) is 28.9 Å². The van der Waals surface area contributed by atoms with Crippen LogP contribution >= 0.6 is 7.82 Å². The fourth-order valence-corrected chi connectivity index (χ4v) is 9.41. The van der Waals surface area contributed by atoms with Crippen molar-refractivity contribution in [2.75, 3.05) is 26.4 Å². The molecular weight excluding hydrogens is 976 g/mol. The van der Waals surface area contributed by atoms with Gasteiger partial charge in [-0.15, -0.1) is 0 Å². The number of rotatable bonds is 58. The first-order chi connectivity index (χ1) is 37.2. The highest BCUT2D eigenvalue weighted by molar-refractivity contribution is 7.47. The maximum Gasteiger partial charge on any atom is 0.472 e. The summed E-state index contributed by atoms with van der Waals surface area (Å²) in [7, 11) is -4.76. The third-order valence-corrected chi connectivity index (χ3v) is 14.4. The van der Waals surface area contributed by atoms with E-state index in [0.717, 1.165) is 116 Å². The van der Waals surface area contributed by atoms with Gasteiger partial charge in [-0.2, -0.15) is 0 Å². The molecule has 0 aromatic heterocycles. The first kappa shape index (κ1) is 73.2. The number of carbonyl (C=O) groups excluding carboxylic acids is 3. The Bertz CT molecular complexity index is 1510. The number of aliphatic hydroxyl groups excluding tert-OH is 1. The van der Waals surface area contributed by atoms with Gasteiger partial charge < -0.3 is 24.2 Å². The quantitative estimate of drug-likeness (QED) is 0.0197. The van der Waals surface area contributed by atoms with E-state index in [-0.39, 0.29) is 25.9 Å². The first-order valence-electron chi connectivity index (χ1n) is 31.2. The van der Waals surface area contributed by atoms with Crippen molar-refractivity contribution in [2.45, 2.75) is 303 Å². The summed E-state index contributed by atoms with van der Waals surface area (Å²) in [5.74, 6) is -1.48. The molecule has 0 bridgehead atoms. The predicted octanol–water partition coefficient (Wildman–Crippen LogP) is 18.7. The molecule has 0 saturated heterocycles. The zero-order valence-corrected chi connectivity index (χ0v) is 49.9. The van der Waals surface area contributed by atoms with Gasteiger partial charge in [0, 0.05) is 19.3 Å². The second-order valence-corrected chi connectivity index (χ2v) is 22.3. The van der Waals surface area contributed by atoms with Crippen molar-refractivity contribution in [3.63, 3.8) is 0 Å². The van der Waals surface area contributed by atoms with Gasteiger partial charge in [0.05, 0.1) is 19.8 Å². The number of aliphatic hydroxyl groups is 1. The number of hydrogen-bond donors (Lipinski definition) is 2. The van der Waals surface area contributed by atoms with Gasteiger partial charge >= 0.3 is 25.7 Å². The van der Waals surface area contributed by atoms with Gasteiger partial charge in [0.15, 0.2) is 6.10 Å². The van der Waals surface area contributed by atoms with Crippen molar-refractivity contribution in [1.29, 1.82) is 0 Å². The Morgan fingerprint density at radius 3 is 1.01 bits per heavy atom. The molecule has 0 aliphatic heterocycles. The number of esters is 3. The second kappa shape index (κ2) is 58.3. The van der Waals surface area contributed by atoms with Crippen LogP contribution in [0.5, 0.6) is 0 Å². The minimum Gasteiger partial charge on any atom is -0.462 e. The number of carbonyl (C=O) groups is 3. The molecular formula is C64H115O11P. The minimum absolute atomic E-state index is 0.150. The molecule has 0 amide bonds. The third-order valence-electron chi connectivity index (χ3n) is 13.4. The largest absolute Gasteiger partial charge is 0.472 e. The van der Waals surface area contributed by atoms with Crippen molar-refractivity contribution < 1.29 is 52.2 Å². The van der Waals surface area contributed by atoms with Crippen LogP contribution in [0.25, 0.3) is 0 Å². The minimum atomic E-state index is -4.76. The van der Waals surface area contributed by atoms with Crippen LogP contribution in [-0.2, 0) is 42.2 Å². The van der Waals surface area contributed by atoms with Crippen LogP contribution in [-0.4, -0.2) is 66.5 Å². The lowest BCUT2D eigenvalue weighted by atomic mass is 10.0. The molecule has 0 aromatic rings. The van der Waals surface area contributed by atoms with E-state index in [2.05, 4.69) is 81.5 Å². The van der Waals surface area contributed by atoms with Crippen LogP contribution in [0.4, 0.5) is 0 Å². The van der Waals surface area contributed by atoms with Crippen LogP contribution in [0, 0.1) is 0 Å². The summed E-state index contributed by atoms with van der Waals surface area (Å²) in [6.07, 6.45) is 64.5. The van der Waals surface area contributed by atoms with E-state index in [1.807, 2.05) is 0 Å². The SMILES string of the molecule is CCCCC/C=C\C/C=C\C/C=C\CCCCCCCCC(=O)OC(COC(=O)CCCCCCC/C=C\C/C=C\CCCCC)COP(=O)(O)OCC(CO)OC(=O)CCCCCCCCCCCCCCCCC. The average Bonchev–Trinajstić information content (AvgIpc) is 3.41. The highest BCUT2D eigenvalue weighted by atomic mass is 31.2. The zero-order valence-electron chi connectivity index (χ0n) is 49.0. The molecule has 11 nitrogen and oxygen atoms in total. The van der Waals surface area contributed by atoms with E-state index in [1.165, 1.54) is 116 Å². The lowest BCUT2D eigenvalue weighted by molar-refractivity contribution is -0.161. The molecule has 12 heteroatoms. The lowest BCUT2D eigenvalue weighted by Gasteiger charge is -2.21. The van der Waals surface area contributed by atoms with E-state index < -0.39 is 57.8 Å². The first-order valence-corrected chi connectivity index (χ1v) is 32.7. The summed E-state index contributed by atoms with van der Waals surface area (Å²) in [5.41, 5.74) is 0. The van der Waals surface area contributed by atoms with E-state index in [4.69, 9.17) is 23.3 Å². The van der Waals surface area contributed by atoms with Crippen LogP contribution in [0.15, 0.2) is 60.8 Å². The molecule has 76 heavy (non-hydrogen) atoms. The number of allylic oxidation sites excluding steroid dienone is 10. The predicted molar refractivity (Wildman–Crippen MR) is 316 cm³/mol. The molecule has 0 heterocycles. The van der Waals surface area contributed by atoms with Crippen LogP contribution in [0.3, 0.4) is 0 Å². The molecule has 0 fully saturated rings. The Balaban J connectivity index is 4.73. The maximum atomic E-state index is 12.9. The van der Waals surface area contributed by atoms with Crippen LogP contribution in [0.1, 0.15) is 290 Å². The summed E-state index contributed by atoms with van der Waals surface area (Å²) in [4.78, 5) is 48.7. The van der Waals surface area contributed by atoms with Crippen molar-refractivity contribution in [2.24, 2.45) is 0 Å². The van der Waals surface area contributed by atoms with Crippen molar-refractivity contribution in [1.82, 2.24) is 0 Å². The third kappa shape index (κ3) is 55.9. The van der Waals surface area contributed by atoms with Gasteiger partial charge in [-0.3, -0.25) is 23.4 Å². The lowest BCUT2D eigenvalue weighted by Crippen LogP contribution is -2.30. The van der Waals surface area contributed by atoms with E-state index >= 15 is 0 Å². The highest BCUT2D eigenvalue weighted by Gasteiger charge is 2.28. The Labute approximate surface area is 465 Å². The smallest absolute Gasteiger partial charge is 0.462 e. The summed E-state index contributed by atoms with van der Waals surface area (Å²) in [5, 5.41) is 9.84. The summed E-state index contributed by atoms with van der Waals surface area (Å²) >= 11 is 0. The number of unbranched alkanes of at least 4 members (excludes halogenated alkanes) is 31. The summed E-state index contributed by atoms with van der Waals surface area (Å²) < 4.78 is 39.6. The molecule has 0 aromatic carbocycles. The molecule has 0 radical (unpaired) electrons. The average molecular weight is 1090 g/mol. The van der Waals surface area contributed by atoms with Gasteiger partial charge in [0.1, 0.15) is 12.7 Å². The molecule has 3 unspecified atom stereocenters. The van der Waals surface area contributed by atoms with Gasteiger partial charge in [-0.1, -0.05) is 242 Å². The molecule has 3 atom stereocenters. The molecule has 0 saturated carbocycles. The molecule has 2 N–H and O–H groups in total. The maximum absolute atomic E-state index is 12.9. The zero-order chi connectivity index (χ0) is 55.5. The topological polar surface area (TPSA) is 155 Å². The van der Waals surface area contributed by atoms with Gasteiger partial charge in [-0.05, 0) is 89.9 Å². The Kier molecular flexibility index (Phi) is 56.2. The number of phosphoric acid groups is 1. The van der Waals surface area contributed by atoms with Crippen LogP contribution in [0.2, 0.25) is 0 Å². The fraction of sp³-hybridized carbons (Fsp3) is 0.797. The van der Waals surface area contributed by atoms with Gasteiger partial charge in [0.25, 0.3) is 0 Å². The van der Waals surface area contributed by atoms with Crippen molar-refractivity contribution in [3.05, 3.63) is 60.8 Å². The Morgan fingerprint density at radius 1 is 0.368 bits per heavy atom. The monoisotopic (exact) mass is 1090 g/mol.